The first-order chi connectivity index (χ1) is 14.9. The molecule has 0 spiro atoms. The van der Waals surface area contributed by atoms with Crippen molar-refractivity contribution in [1.29, 1.82) is 0 Å². The van der Waals surface area contributed by atoms with Gasteiger partial charge in [0.05, 0.1) is 37.2 Å². The van der Waals surface area contributed by atoms with E-state index in [-0.39, 0.29) is 23.3 Å². The van der Waals surface area contributed by atoms with Crippen molar-refractivity contribution in [2.45, 2.75) is 57.0 Å². The van der Waals surface area contributed by atoms with Crippen LogP contribution in [-0.4, -0.2) is 54.7 Å². The van der Waals surface area contributed by atoms with Crippen LogP contribution < -0.4 is 5.32 Å². The molecule has 1 atom stereocenters. The van der Waals surface area contributed by atoms with Gasteiger partial charge in [0.25, 0.3) is 0 Å². The second-order valence-corrected chi connectivity index (χ2v) is 10.1. The van der Waals surface area contributed by atoms with Gasteiger partial charge >= 0.3 is 0 Å². The van der Waals surface area contributed by atoms with Gasteiger partial charge in [0.2, 0.25) is 15.9 Å². The number of carbonyl (C=O) groups is 1. The highest BCUT2D eigenvalue weighted by molar-refractivity contribution is 7.89. The van der Waals surface area contributed by atoms with Crippen LogP contribution in [0.25, 0.3) is 0 Å². The topological polar surface area (TPSA) is 93.5 Å². The van der Waals surface area contributed by atoms with E-state index in [0.29, 0.717) is 44.2 Å². The van der Waals surface area contributed by atoms with Crippen molar-refractivity contribution in [3.8, 4) is 0 Å². The summed E-state index contributed by atoms with van der Waals surface area (Å²) in [7, 11) is -3.63. The fraction of sp³-hybridized carbons (Fsp3) is 0.545. The summed E-state index contributed by atoms with van der Waals surface area (Å²) in [6.07, 6.45) is 3.29. The number of ether oxygens (including phenoxy) is 1. The van der Waals surface area contributed by atoms with Crippen LogP contribution in [0.15, 0.2) is 29.2 Å². The van der Waals surface area contributed by atoms with Crippen molar-refractivity contribution in [2.24, 2.45) is 0 Å². The van der Waals surface area contributed by atoms with Gasteiger partial charge in [-0.15, -0.1) is 0 Å². The van der Waals surface area contributed by atoms with Gasteiger partial charge in [-0.1, -0.05) is 24.3 Å². The number of sulfonamides is 1. The minimum atomic E-state index is -3.63. The van der Waals surface area contributed by atoms with E-state index in [1.54, 1.807) is 18.5 Å². The molecule has 1 aliphatic heterocycles. The van der Waals surface area contributed by atoms with Crippen molar-refractivity contribution in [2.75, 3.05) is 26.3 Å². The lowest BCUT2D eigenvalue weighted by Crippen LogP contribution is -2.41. The first kappa shape index (κ1) is 22.0. The number of aryl methyl sites for hydroxylation is 3. The molecule has 1 saturated heterocycles. The maximum absolute atomic E-state index is 13.1. The number of hydrogen-bond donors (Lipinski definition) is 1. The van der Waals surface area contributed by atoms with Crippen LogP contribution in [0.5, 0.6) is 0 Å². The van der Waals surface area contributed by atoms with Crippen LogP contribution in [0.3, 0.4) is 0 Å². The number of morpholine rings is 1. The molecule has 31 heavy (non-hydrogen) atoms. The number of rotatable bonds is 6. The number of benzene rings is 1. The van der Waals surface area contributed by atoms with Crippen molar-refractivity contribution in [3.63, 3.8) is 0 Å². The summed E-state index contributed by atoms with van der Waals surface area (Å²) in [4.78, 5) is 12.9. The Hall–Kier alpha value is -2.23. The van der Waals surface area contributed by atoms with E-state index in [4.69, 9.17) is 4.74 Å². The standard InChI is InChI=1S/C22H30N4O4S/c1-16-22(31(28,29)25-12-14-30-15-13-25)17(2)26(24-16)11-10-21(27)23-20-9-5-7-18-6-3-4-8-19(18)20/h3-4,6,8,20H,5,7,9-15H2,1-2H3,(H,23,27)/t20-/m0/s1. The molecule has 1 amide bonds. The highest BCUT2D eigenvalue weighted by Crippen LogP contribution is 2.29. The molecular formula is C22H30N4O4S. The molecule has 1 N–H and O–H groups in total. The van der Waals surface area contributed by atoms with E-state index in [1.807, 2.05) is 12.1 Å². The summed E-state index contributed by atoms with van der Waals surface area (Å²) in [5.41, 5.74) is 3.54. The second kappa shape index (κ2) is 9.10. The molecule has 1 fully saturated rings. The predicted molar refractivity (Wildman–Crippen MR) is 116 cm³/mol. The number of nitrogens with one attached hydrogen (secondary N) is 1. The Kier molecular flexibility index (Phi) is 6.45. The van der Waals surface area contributed by atoms with Gasteiger partial charge in [0.15, 0.2) is 0 Å². The minimum Gasteiger partial charge on any atom is -0.379 e. The van der Waals surface area contributed by atoms with Crippen LogP contribution in [-0.2, 0) is 32.5 Å². The lowest BCUT2D eigenvalue weighted by atomic mass is 9.88. The van der Waals surface area contributed by atoms with E-state index in [0.717, 1.165) is 19.3 Å². The molecule has 4 rings (SSSR count). The zero-order valence-electron chi connectivity index (χ0n) is 18.1. The molecule has 0 radical (unpaired) electrons. The fourth-order valence-electron chi connectivity index (χ4n) is 4.57. The van der Waals surface area contributed by atoms with Crippen molar-refractivity contribution in [1.82, 2.24) is 19.4 Å². The Labute approximate surface area is 183 Å². The molecule has 1 aromatic heterocycles. The van der Waals surface area contributed by atoms with Crippen LogP contribution in [0, 0.1) is 13.8 Å². The van der Waals surface area contributed by atoms with Crippen LogP contribution in [0.1, 0.15) is 47.8 Å². The van der Waals surface area contributed by atoms with E-state index in [9.17, 15) is 13.2 Å². The zero-order valence-corrected chi connectivity index (χ0v) is 19.0. The van der Waals surface area contributed by atoms with Crippen molar-refractivity contribution >= 4 is 15.9 Å². The molecule has 1 aromatic carbocycles. The summed E-state index contributed by atoms with van der Waals surface area (Å²) in [6, 6.07) is 8.29. The lowest BCUT2D eigenvalue weighted by Gasteiger charge is -2.26. The smallest absolute Gasteiger partial charge is 0.246 e. The van der Waals surface area contributed by atoms with Crippen LogP contribution >= 0.6 is 0 Å². The average molecular weight is 447 g/mol. The molecule has 0 bridgehead atoms. The van der Waals surface area contributed by atoms with Gasteiger partial charge in [-0.05, 0) is 44.2 Å². The third-order valence-electron chi connectivity index (χ3n) is 6.14. The quantitative estimate of drug-likeness (QED) is 0.734. The fourth-order valence-corrected chi connectivity index (χ4v) is 6.35. The number of nitrogens with zero attached hydrogens (tertiary/aromatic N) is 3. The van der Waals surface area contributed by atoms with Crippen molar-refractivity contribution in [3.05, 3.63) is 46.8 Å². The molecular weight excluding hydrogens is 416 g/mol. The van der Waals surface area contributed by atoms with E-state index < -0.39 is 10.0 Å². The third-order valence-corrected chi connectivity index (χ3v) is 8.29. The zero-order chi connectivity index (χ0) is 22.0. The largest absolute Gasteiger partial charge is 0.379 e. The molecule has 0 saturated carbocycles. The molecule has 2 aliphatic rings. The Bertz CT molecular complexity index is 1060. The van der Waals surface area contributed by atoms with E-state index in [2.05, 4.69) is 22.5 Å². The normalized spacial score (nSPS) is 19.7. The van der Waals surface area contributed by atoms with Gasteiger partial charge in [0.1, 0.15) is 4.90 Å². The Balaban J connectivity index is 1.43. The number of carbonyl (C=O) groups excluding carboxylic acids is 1. The minimum absolute atomic E-state index is 0.0372. The summed E-state index contributed by atoms with van der Waals surface area (Å²) in [5.74, 6) is -0.0492. The highest BCUT2D eigenvalue weighted by Gasteiger charge is 2.32. The summed E-state index contributed by atoms with van der Waals surface area (Å²) < 4.78 is 34.6. The molecule has 8 nitrogen and oxygen atoms in total. The molecule has 168 valence electrons. The summed E-state index contributed by atoms with van der Waals surface area (Å²) in [6.45, 7) is 5.28. The van der Waals surface area contributed by atoms with E-state index in [1.165, 1.54) is 15.4 Å². The van der Waals surface area contributed by atoms with Crippen LogP contribution in [0.4, 0.5) is 0 Å². The predicted octanol–water partition coefficient (Wildman–Crippen LogP) is 2.10. The lowest BCUT2D eigenvalue weighted by molar-refractivity contribution is -0.122. The van der Waals surface area contributed by atoms with Gasteiger partial charge in [-0.3, -0.25) is 9.48 Å². The summed E-state index contributed by atoms with van der Waals surface area (Å²) in [5, 5.41) is 7.57. The molecule has 2 heterocycles. The van der Waals surface area contributed by atoms with Gasteiger partial charge < -0.3 is 10.1 Å². The molecule has 2 aromatic rings. The van der Waals surface area contributed by atoms with E-state index >= 15 is 0 Å². The number of amides is 1. The monoisotopic (exact) mass is 446 g/mol. The molecule has 0 unspecified atom stereocenters. The number of hydrogen-bond acceptors (Lipinski definition) is 5. The molecule has 1 aliphatic carbocycles. The Morgan fingerprint density at radius 2 is 1.97 bits per heavy atom. The first-order valence-corrected chi connectivity index (χ1v) is 12.3. The maximum Gasteiger partial charge on any atom is 0.246 e. The maximum atomic E-state index is 13.1. The van der Waals surface area contributed by atoms with Crippen molar-refractivity contribution < 1.29 is 17.9 Å². The van der Waals surface area contributed by atoms with Crippen LogP contribution in [0.2, 0.25) is 0 Å². The number of fused-ring (bicyclic) bond motifs is 1. The Morgan fingerprint density at radius 3 is 2.74 bits per heavy atom. The highest BCUT2D eigenvalue weighted by atomic mass is 32.2. The average Bonchev–Trinajstić information content (AvgIpc) is 3.07. The van der Waals surface area contributed by atoms with Gasteiger partial charge in [0, 0.05) is 19.5 Å². The SMILES string of the molecule is Cc1nn(CCC(=O)N[C@H]2CCCc3ccccc32)c(C)c1S(=O)(=O)N1CCOCC1. The third kappa shape index (κ3) is 4.53. The summed E-state index contributed by atoms with van der Waals surface area (Å²) >= 11 is 0. The molecule has 9 heteroatoms. The Morgan fingerprint density at radius 1 is 1.23 bits per heavy atom. The van der Waals surface area contributed by atoms with Gasteiger partial charge in [-0.25, -0.2) is 8.42 Å². The van der Waals surface area contributed by atoms with Gasteiger partial charge in [-0.2, -0.15) is 9.40 Å². The number of aromatic nitrogens is 2. The first-order valence-electron chi connectivity index (χ1n) is 10.9. The second-order valence-electron chi connectivity index (χ2n) is 8.20.